The van der Waals surface area contributed by atoms with E-state index in [0.717, 1.165) is 45.1 Å². The van der Waals surface area contributed by atoms with Crippen molar-refractivity contribution >= 4 is 23.6 Å². The summed E-state index contributed by atoms with van der Waals surface area (Å²) in [7, 11) is 1.76. The van der Waals surface area contributed by atoms with Gasteiger partial charge < -0.3 is 20.4 Å². The molecule has 2 saturated heterocycles. The third-order valence-corrected chi connectivity index (χ3v) is 9.54. The van der Waals surface area contributed by atoms with Crippen molar-refractivity contribution < 1.29 is 19.2 Å². The Balaban J connectivity index is 2.16. The van der Waals surface area contributed by atoms with E-state index in [1.807, 2.05) is 40.7 Å². The van der Waals surface area contributed by atoms with Gasteiger partial charge in [0.25, 0.3) is 0 Å². The first-order valence-electron chi connectivity index (χ1n) is 17.7. The molecule has 4 amide bonds. The standard InChI is InChI=1S/C36H65N5O4/c1-11-12-13-14-16-21-37-32(42)28-20-18-23-41(28)34(44)27(6)24-30(25(2)3)39(10)35(45)31(36(7,8)9)38-33(43)29-19-15-17-22-40(29)26(4)5/h24-26,28-31H,11-23H2,1-10H3,(H,37,42)(H,38,43)/b27-24+. The Morgan fingerprint density at radius 3 is 2.13 bits per heavy atom. The summed E-state index contributed by atoms with van der Waals surface area (Å²) >= 11 is 0. The molecule has 258 valence electrons. The molecule has 0 bridgehead atoms. The second-order valence-electron chi connectivity index (χ2n) is 15.0. The number of amides is 4. The second kappa shape index (κ2) is 18.1. The summed E-state index contributed by atoms with van der Waals surface area (Å²) in [5.74, 6) is -0.468. The van der Waals surface area contributed by atoms with Gasteiger partial charge in [-0.05, 0) is 70.8 Å². The molecule has 2 rings (SSSR count). The highest BCUT2D eigenvalue weighted by molar-refractivity contribution is 5.97. The van der Waals surface area contributed by atoms with Crippen LogP contribution in [0.5, 0.6) is 0 Å². The molecule has 4 atom stereocenters. The van der Waals surface area contributed by atoms with Crippen LogP contribution in [0.25, 0.3) is 0 Å². The van der Waals surface area contributed by atoms with E-state index in [9.17, 15) is 19.2 Å². The van der Waals surface area contributed by atoms with Gasteiger partial charge in [-0.25, -0.2) is 0 Å². The van der Waals surface area contributed by atoms with Gasteiger partial charge in [-0.2, -0.15) is 0 Å². The lowest BCUT2D eigenvalue weighted by atomic mass is 9.84. The van der Waals surface area contributed by atoms with Gasteiger partial charge in [0, 0.05) is 31.8 Å². The number of piperidine rings is 1. The Hall–Kier alpha value is -2.42. The quantitative estimate of drug-likeness (QED) is 0.189. The Bertz CT molecular complexity index is 1020. The van der Waals surface area contributed by atoms with Crippen molar-refractivity contribution in [2.24, 2.45) is 11.3 Å². The summed E-state index contributed by atoms with van der Waals surface area (Å²) < 4.78 is 0. The van der Waals surface area contributed by atoms with Crippen molar-refractivity contribution in [3.8, 4) is 0 Å². The van der Waals surface area contributed by atoms with Crippen LogP contribution in [0, 0.1) is 11.3 Å². The molecule has 9 heteroatoms. The van der Waals surface area contributed by atoms with Gasteiger partial charge in [0.2, 0.25) is 23.6 Å². The number of likely N-dealkylation sites (N-methyl/N-ethyl adjacent to an activating group) is 1. The molecule has 2 aliphatic rings. The molecule has 2 fully saturated rings. The smallest absolute Gasteiger partial charge is 0.249 e. The number of carbonyl (C=O) groups excluding carboxylic acids is 4. The molecular weight excluding hydrogens is 566 g/mol. The number of unbranched alkanes of at least 4 members (excludes halogenated alkanes) is 4. The van der Waals surface area contributed by atoms with Crippen LogP contribution in [-0.4, -0.2) is 95.2 Å². The number of carbonyl (C=O) groups is 4. The molecule has 2 heterocycles. The van der Waals surface area contributed by atoms with Crippen molar-refractivity contribution in [2.75, 3.05) is 26.7 Å². The zero-order valence-electron chi connectivity index (χ0n) is 30.2. The maximum Gasteiger partial charge on any atom is 0.249 e. The minimum Gasteiger partial charge on any atom is -0.354 e. The predicted molar refractivity (Wildman–Crippen MR) is 183 cm³/mol. The largest absolute Gasteiger partial charge is 0.354 e. The molecule has 0 aromatic carbocycles. The fourth-order valence-electron chi connectivity index (χ4n) is 6.74. The first-order chi connectivity index (χ1) is 21.1. The SMILES string of the molecule is CCCCCCCNC(=O)C1CCCN1C(=O)/C(C)=C/C(C(C)C)N(C)C(=O)C(NC(=O)C1CCCCN1C(C)C)C(C)(C)C. The highest BCUT2D eigenvalue weighted by Gasteiger charge is 2.40. The van der Waals surface area contributed by atoms with E-state index < -0.39 is 17.5 Å². The van der Waals surface area contributed by atoms with Gasteiger partial charge in [0.15, 0.2) is 0 Å². The fourth-order valence-corrected chi connectivity index (χ4v) is 6.74. The van der Waals surface area contributed by atoms with Gasteiger partial charge in [-0.3, -0.25) is 24.1 Å². The molecule has 0 spiro atoms. The minimum atomic E-state index is -0.717. The van der Waals surface area contributed by atoms with Gasteiger partial charge in [0.1, 0.15) is 12.1 Å². The fraction of sp³-hybridized carbons (Fsp3) is 0.833. The summed E-state index contributed by atoms with van der Waals surface area (Å²) in [5, 5.41) is 6.19. The zero-order valence-corrected chi connectivity index (χ0v) is 30.2. The van der Waals surface area contributed by atoms with Crippen LogP contribution >= 0.6 is 0 Å². The van der Waals surface area contributed by atoms with Gasteiger partial charge in [-0.1, -0.05) is 79.7 Å². The number of hydrogen-bond acceptors (Lipinski definition) is 5. The molecule has 0 aromatic heterocycles. The molecule has 4 unspecified atom stereocenters. The van der Waals surface area contributed by atoms with Crippen LogP contribution in [0.4, 0.5) is 0 Å². The van der Waals surface area contributed by atoms with Crippen molar-refractivity contribution in [3.63, 3.8) is 0 Å². The first-order valence-corrected chi connectivity index (χ1v) is 17.7. The second-order valence-corrected chi connectivity index (χ2v) is 15.0. The monoisotopic (exact) mass is 632 g/mol. The maximum atomic E-state index is 14.1. The van der Waals surface area contributed by atoms with E-state index in [-0.39, 0.29) is 47.7 Å². The van der Waals surface area contributed by atoms with Gasteiger partial charge in [-0.15, -0.1) is 0 Å². The molecule has 2 aliphatic heterocycles. The summed E-state index contributed by atoms with van der Waals surface area (Å²) in [4.78, 5) is 60.0. The molecule has 2 N–H and O–H groups in total. The molecule has 0 saturated carbocycles. The third-order valence-electron chi connectivity index (χ3n) is 9.54. The number of nitrogens with one attached hydrogen (secondary N) is 2. The first kappa shape index (κ1) is 38.8. The Morgan fingerprint density at radius 1 is 0.889 bits per heavy atom. The van der Waals surface area contributed by atoms with Crippen LogP contribution in [0.3, 0.4) is 0 Å². The van der Waals surface area contributed by atoms with E-state index in [0.29, 0.717) is 25.1 Å². The van der Waals surface area contributed by atoms with Crippen LogP contribution < -0.4 is 10.6 Å². The summed E-state index contributed by atoms with van der Waals surface area (Å²) in [5.41, 5.74) is 0.0133. The maximum absolute atomic E-state index is 14.1. The number of rotatable bonds is 15. The van der Waals surface area contributed by atoms with E-state index in [2.05, 4.69) is 36.3 Å². The van der Waals surface area contributed by atoms with Crippen LogP contribution in [0.15, 0.2) is 11.6 Å². The molecular formula is C36H65N5O4. The van der Waals surface area contributed by atoms with Crippen LogP contribution in [0.1, 0.15) is 127 Å². The Kier molecular flexibility index (Phi) is 15.6. The average Bonchev–Trinajstić information content (AvgIpc) is 3.48. The minimum absolute atomic E-state index is 0.0261. The van der Waals surface area contributed by atoms with E-state index in [1.54, 1.807) is 23.8 Å². The highest BCUT2D eigenvalue weighted by atomic mass is 16.2. The average molecular weight is 632 g/mol. The molecule has 9 nitrogen and oxygen atoms in total. The zero-order chi connectivity index (χ0) is 33.9. The van der Waals surface area contributed by atoms with Crippen LogP contribution in [-0.2, 0) is 19.2 Å². The molecule has 0 aromatic rings. The van der Waals surface area contributed by atoms with Crippen molar-refractivity contribution in [3.05, 3.63) is 11.6 Å². The van der Waals surface area contributed by atoms with Crippen molar-refractivity contribution in [2.45, 2.75) is 157 Å². The van der Waals surface area contributed by atoms with Crippen molar-refractivity contribution in [1.82, 2.24) is 25.3 Å². The summed E-state index contributed by atoms with van der Waals surface area (Å²) in [6.45, 7) is 20.3. The van der Waals surface area contributed by atoms with Crippen molar-refractivity contribution in [1.29, 1.82) is 0 Å². The van der Waals surface area contributed by atoms with Gasteiger partial charge >= 0.3 is 0 Å². The molecule has 0 radical (unpaired) electrons. The number of likely N-dealkylation sites (tertiary alicyclic amines) is 2. The Labute approximate surface area is 274 Å². The lowest BCUT2D eigenvalue weighted by Crippen LogP contribution is -2.60. The van der Waals surface area contributed by atoms with Crippen LogP contribution in [0.2, 0.25) is 0 Å². The Morgan fingerprint density at radius 2 is 1.53 bits per heavy atom. The predicted octanol–water partition coefficient (Wildman–Crippen LogP) is 5.29. The van der Waals surface area contributed by atoms with E-state index >= 15 is 0 Å². The third kappa shape index (κ3) is 11.1. The normalized spacial score (nSPS) is 21.2. The van der Waals surface area contributed by atoms with E-state index in [4.69, 9.17) is 0 Å². The molecule has 45 heavy (non-hydrogen) atoms. The molecule has 0 aliphatic carbocycles. The number of nitrogens with zero attached hydrogens (tertiary/aromatic N) is 3. The number of hydrogen-bond donors (Lipinski definition) is 2. The summed E-state index contributed by atoms with van der Waals surface area (Å²) in [6.07, 6.45) is 11.8. The van der Waals surface area contributed by atoms with E-state index in [1.165, 1.54) is 19.3 Å². The topological polar surface area (TPSA) is 102 Å². The lowest BCUT2D eigenvalue weighted by Gasteiger charge is -2.41. The summed E-state index contributed by atoms with van der Waals surface area (Å²) in [6, 6.07) is -1.53. The van der Waals surface area contributed by atoms with Gasteiger partial charge in [0.05, 0.1) is 12.1 Å². The highest BCUT2D eigenvalue weighted by Crippen LogP contribution is 2.27. The lowest BCUT2D eigenvalue weighted by molar-refractivity contribution is -0.142.